The Labute approximate surface area is 86.1 Å². The number of carbonyl (C=O) groups is 2. The third kappa shape index (κ3) is 2.65. The van der Waals surface area contributed by atoms with Gasteiger partial charge in [-0.25, -0.2) is 0 Å². The maximum Gasteiger partial charge on any atom is 0.310 e. The van der Waals surface area contributed by atoms with Crippen LogP contribution in [0.3, 0.4) is 0 Å². The van der Waals surface area contributed by atoms with Gasteiger partial charge in [0.1, 0.15) is 12.3 Å². The van der Waals surface area contributed by atoms with Crippen LogP contribution in [0.1, 0.15) is 6.92 Å². The fraction of sp³-hybridized carbons (Fsp3) is 0.750. The molecule has 7 heteroatoms. The van der Waals surface area contributed by atoms with Crippen LogP contribution in [0.25, 0.3) is 0 Å². The molecule has 1 aliphatic rings. The number of aliphatic hydroxyl groups is 2. The minimum absolute atomic E-state index is 0.00148. The van der Waals surface area contributed by atoms with Crippen LogP contribution in [0.15, 0.2) is 0 Å². The Bertz CT molecular complexity index is 268. The second-order valence-corrected chi connectivity index (χ2v) is 3.51. The molecule has 5 N–H and O–H groups in total. The van der Waals surface area contributed by atoms with Crippen molar-refractivity contribution >= 4 is 11.9 Å². The molecule has 0 spiro atoms. The van der Waals surface area contributed by atoms with Crippen LogP contribution in [0.5, 0.6) is 0 Å². The first-order valence-electron chi connectivity index (χ1n) is 4.53. The molecule has 15 heavy (non-hydrogen) atoms. The third-order valence-electron chi connectivity index (χ3n) is 2.34. The molecule has 0 aromatic carbocycles. The van der Waals surface area contributed by atoms with E-state index in [4.69, 9.17) is 5.11 Å². The molecule has 4 atom stereocenters. The quantitative estimate of drug-likeness (QED) is 0.349. The molecule has 0 aromatic heterocycles. The van der Waals surface area contributed by atoms with E-state index < -0.39 is 30.3 Å². The van der Waals surface area contributed by atoms with Crippen LogP contribution in [-0.2, 0) is 9.59 Å². The highest BCUT2D eigenvalue weighted by atomic mass is 16.4. The molecule has 1 fully saturated rings. The lowest BCUT2D eigenvalue weighted by Gasteiger charge is -2.36. The predicted octanol–water partition coefficient (Wildman–Crippen LogP) is -2.53. The molecule has 1 rings (SSSR count). The van der Waals surface area contributed by atoms with Crippen molar-refractivity contribution in [1.82, 2.24) is 10.6 Å². The van der Waals surface area contributed by atoms with E-state index in [-0.39, 0.29) is 12.5 Å². The smallest absolute Gasteiger partial charge is 0.310 e. The van der Waals surface area contributed by atoms with Gasteiger partial charge in [0.25, 0.3) is 0 Å². The predicted molar refractivity (Wildman–Crippen MR) is 48.7 cm³/mol. The Balaban J connectivity index is 2.64. The summed E-state index contributed by atoms with van der Waals surface area (Å²) in [6.45, 7) is 1.27. The van der Waals surface area contributed by atoms with Gasteiger partial charge in [0.05, 0.1) is 12.0 Å². The van der Waals surface area contributed by atoms with Gasteiger partial charge in [-0.1, -0.05) is 0 Å². The zero-order valence-corrected chi connectivity index (χ0v) is 8.17. The average molecular weight is 218 g/mol. The van der Waals surface area contributed by atoms with Gasteiger partial charge in [-0.15, -0.1) is 0 Å². The van der Waals surface area contributed by atoms with Crippen LogP contribution in [0.4, 0.5) is 0 Å². The Hall–Kier alpha value is -1.18. The van der Waals surface area contributed by atoms with Gasteiger partial charge >= 0.3 is 5.97 Å². The molecular formula is C8H14N2O5. The van der Waals surface area contributed by atoms with Crippen molar-refractivity contribution in [3.8, 4) is 0 Å². The van der Waals surface area contributed by atoms with E-state index in [0.717, 1.165) is 0 Å². The molecule has 0 saturated carbocycles. The molecule has 0 aromatic rings. The third-order valence-corrected chi connectivity index (χ3v) is 2.34. The molecule has 7 nitrogen and oxygen atoms in total. The Kier molecular flexibility index (Phi) is 3.61. The van der Waals surface area contributed by atoms with E-state index in [1.165, 1.54) is 6.92 Å². The number of amides is 1. The first-order chi connectivity index (χ1) is 6.93. The maximum atomic E-state index is 10.7. The van der Waals surface area contributed by atoms with Gasteiger partial charge in [-0.2, -0.15) is 0 Å². The monoisotopic (exact) mass is 218 g/mol. The molecule has 1 saturated heterocycles. The van der Waals surface area contributed by atoms with Gasteiger partial charge in [0, 0.05) is 13.5 Å². The van der Waals surface area contributed by atoms with Crippen LogP contribution >= 0.6 is 0 Å². The second kappa shape index (κ2) is 4.56. The van der Waals surface area contributed by atoms with E-state index >= 15 is 0 Å². The number of rotatable bonds is 2. The minimum atomic E-state index is -1.39. The number of piperidine rings is 1. The van der Waals surface area contributed by atoms with Crippen molar-refractivity contribution in [2.75, 3.05) is 6.54 Å². The Morgan fingerprint density at radius 2 is 1.93 bits per heavy atom. The highest BCUT2D eigenvalue weighted by molar-refractivity contribution is 5.74. The van der Waals surface area contributed by atoms with Crippen LogP contribution < -0.4 is 10.6 Å². The summed E-state index contributed by atoms with van der Waals surface area (Å²) < 4.78 is 0. The van der Waals surface area contributed by atoms with Gasteiger partial charge < -0.3 is 20.6 Å². The van der Waals surface area contributed by atoms with Crippen molar-refractivity contribution in [3.63, 3.8) is 0 Å². The molecule has 2 unspecified atom stereocenters. The number of hydrogen-bond donors (Lipinski definition) is 5. The van der Waals surface area contributed by atoms with Gasteiger partial charge in [-0.05, 0) is 0 Å². The summed E-state index contributed by atoms with van der Waals surface area (Å²) in [7, 11) is 0. The van der Waals surface area contributed by atoms with Crippen molar-refractivity contribution in [1.29, 1.82) is 0 Å². The number of aliphatic carboxylic acids is 1. The van der Waals surface area contributed by atoms with E-state index in [1.54, 1.807) is 0 Å². The molecule has 0 bridgehead atoms. The lowest BCUT2D eigenvalue weighted by molar-refractivity contribution is -0.153. The summed E-state index contributed by atoms with van der Waals surface area (Å²) in [5.41, 5.74) is 0. The highest BCUT2D eigenvalue weighted by Gasteiger charge is 2.41. The summed E-state index contributed by atoms with van der Waals surface area (Å²) in [6.07, 6.45) is -3.53. The summed E-state index contributed by atoms with van der Waals surface area (Å²) in [5.74, 6) is -2.62. The Morgan fingerprint density at radius 3 is 2.40 bits per heavy atom. The fourth-order valence-electron chi connectivity index (χ4n) is 1.52. The number of carboxylic acid groups (broad SMARTS) is 1. The van der Waals surface area contributed by atoms with E-state index in [2.05, 4.69) is 10.6 Å². The lowest BCUT2D eigenvalue weighted by atomic mass is 9.92. The van der Waals surface area contributed by atoms with Crippen LogP contribution in [-0.4, -0.2) is 52.1 Å². The van der Waals surface area contributed by atoms with E-state index in [9.17, 15) is 19.8 Å². The summed E-state index contributed by atoms with van der Waals surface area (Å²) in [6, 6.07) is 0. The van der Waals surface area contributed by atoms with E-state index in [1.807, 2.05) is 0 Å². The van der Waals surface area contributed by atoms with Crippen molar-refractivity contribution in [2.24, 2.45) is 5.92 Å². The molecule has 1 amide bonds. The first-order valence-corrected chi connectivity index (χ1v) is 4.53. The van der Waals surface area contributed by atoms with E-state index in [0.29, 0.717) is 0 Å². The second-order valence-electron chi connectivity index (χ2n) is 3.51. The molecule has 1 heterocycles. The number of nitrogens with one attached hydrogen (secondary N) is 2. The topological polar surface area (TPSA) is 119 Å². The number of hydrogen-bond acceptors (Lipinski definition) is 5. The van der Waals surface area contributed by atoms with Crippen LogP contribution in [0, 0.1) is 5.92 Å². The number of aliphatic hydroxyl groups excluding tert-OH is 2. The van der Waals surface area contributed by atoms with Gasteiger partial charge in [0.15, 0.2) is 0 Å². The van der Waals surface area contributed by atoms with Gasteiger partial charge in [-0.3, -0.25) is 14.9 Å². The van der Waals surface area contributed by atoms with Crippen molar-refractivity contribution in [2.45, 2.75) is 25.3 Å². The average Bonchev–Trinajstić information content (AvgIpc) is 2.12. The molecule has 1 aliphatic heterocycles. The minimum Gasteiger partial charge on any atom is -0.481 e. The summed E-state index contributed by atoms with van der Waals surface area (Å²) in [4.78, 5) is 21.4. The van der Waals surface area contributed by atoms with Gasteiger partial charge in [0.2, 0.25) is 5.91 Å². The highest BCUT2D eigenvalue weighted by Crippen LogP contribution is 2.15. The zero-order chi connectivity index (χ0) is 11.6. The molecular weight excluding hydrogens is 204 g/mol. The standard InChI is InChI=1S/C8H14N2O5/c1-3(11)10-7-6(13)5(12)4(2-9-7)8(14)15/h4-7,9,12-13H,2H2,1H3,(H,10,11)(H,14,15)/t4?,5-,6+,7?/m1/s1. The largest absolute Gasteiger partial charge is 0.481 e. The molecule has 0 aliphatic carbocycles. The maximum absolute atomic E-state index is 10.7. The fourth-order valence-corrected chi connectivity index (χ4v) is 1.52. The number of carbonyl (C=O) groups excluding carboxylic acids is 1. The number of carboxylic acids is 1. The van der Waals surface area contributed by atoms with Crippen molar-refractivity contribution in [3.05, 3.63) is 0 Å². The normalized spacial score (nSPS) is 35.9. The zero-order valence-electron chi connectivity index (χ0n) is 8.17. The molecule has 86 valence electrons. The lowest BCUT2D eigenvalue weighted by Crippen LogP contribution is -2.64. The summed E-state index contributed by atoms with van der Waals surface area (Å²) >= 11 is 0. The molecule has 0 radical (unpaired) electrons. The summed E-state index contributed by atoms with van der Waals surface area (Å²) in [5, 5.41) is 32.7. The Morgan fingerprint density at radius 1 is 1.33 bits per heavy atom. The van der Waals surface area contributed by atoms with Crippen molar-refractivity contribution < 1.29 is 24.9 Å². The SMILES string of the molecule is CC(=O)NC1NCC(C(=O)O)[C@@H](O)[C@@H]1O. The van der Waals surface area contributed by atoms with Crippen LogP contribution in [0.2, 0.25) is 0 Å². The first kappa shape index (κ1) is 11.9.